The average Bonchev–Trinajstić information content (AvgIpc) is 2.08. The lowest BCUT2D eigenvalue weighted by Crippen LogP contribution is -2.42. The highest BCUT2D eigenvalue weighted by Crippen LogP contribution is 2.18. The highest BCUT2D eigenvalue weighted by molar-refractivity contribution is 5.77. The molecule has 3 heteroatoms. The highest BCUT2D eigenvalue weighted by Gasteiger charge is 2.22. The Bertz CT molecular complexity index is 168. The number of hydrogen-bond acceptors (Lipinski definition) is 3. The maximum Gasteiger partial charge on any atom is 0.143 e. The quantitative estimate of drug-likeness (QED) is 0.704. The molecule has 0 aromatic heterocycles. The van der Waals surface area contributed by atoms with Crippen molar-refractivity contribution in [1.82, 2.24) is 4.90 Å². The van der Waals surface area contributed by atoms with E-state index in [0.29, 0.717) is 12.6 Å². The van der Waals surface area contributed by atoms with Crippen LogP contribution in [0.15, 0.2) is 0 Å². The largest absolute Gasteiger partial charge is 0.396 e. The molecular formula is C10H19NO2. The molecule has 1 atom stereocenters. The van der Waals surface area contributed by atoms with Crippen LogP contribution in [0.1, 0.15) is 32.6 Å². The van der Waals surface area contributed by atoms with E-state index in [1.165, 1.54) is 12.8 Å². The van der Waals surface area contributed by atoms with Crippen molar-refractivity contribution in [1.29, 1.82) is 0 Å². The molecule has 13 heavy (non-hydrogen) atoms. The molecule has 0 saturated carbocycles. The molecule has 1 fully saturated rings. The molecule has 1 aliphatic rings. The summed E-state index contributed by atoms with van der Waals surface area (Å²) in [6, 6.07) is 0.433. The van der Waals surface area contributed by atoms with E-state index in [4.69, 9.17) is 5.11 Å². The minimum atomic E-state index is 0.227. The van der Waals surface area contributed by atoms with Gasteiger partial charge in [-0.1, -0.05) is 6.42 Å². The van der Waals surface area contributed by atoms with Gasteiger partial charge in [0.25, 0.3) is 0 Å². The second-order valence-corrected chi connectivity index (χ2v) is 3.83. The first kappa shape index (κ1) is 10.7. The summed E-state index contributed by atoms with van der Waals surface area (Å²) < 4.78 is 0. The number of carbonyl (C=O) groups excluding carboxylic acids is 1. The van der Waals surface area contributed by atoms with Gasteiger partial charge in [-0.2, -0.15) is 0 Å². The second-order valence-electron chi connectivity index (χ2n) is 3.83. The average molecular weight is 185 g/mol. The van der Waals surface area contributed by atoms with Gasteiger partial charge in [0.15, 0.2) is 0 Å². The van der Waals surface area contributed by atoms with Crippen molar-refractivity contribution in [3.05, 3.63) is 0 Å². The third-order valence-electron chi connectivity index (χ3n) is 2.64. The molecule has 1 saturated heterocycles. The van der Waals surface area contributed by atoms with Gasteiger partial charge in [0.05, 0.1) is 6.54 Å². The predicted octanol–water partition coefficient (Wildman–Crippen LogP) is 0.812. The topological polar surface area (TPSA) is 40.5 Å². The summed E-state index contributed by atoms with van der Waals surface area (Å²) in [5.74, 6) is 0.227. The van der Waals surface area contributed by atoms with Crippen molar-refractivity contribution < 1.29 is 9.90 Å². The molecule has 0 aromatic carbocycles. The minimum Gasteiger partial charge on any atom is -0.396 e. The first-order valence-electron chi connectivity index (χ1n) is 5.08. The zero-order valence-electron chi connectivity index (χ0n) is 8.33. The number of nitrogens with zero attached hydrogens (tertiary/aromatic N) is 1. The van der Waals surface area contributed by atoms with Crippen molar-refractivity contribution >= 4 is 5.78 Å². The standard InChI is InChI=1S/C10H19NO2/c1-9(13)8-11-6-3-2-4-10(11)5-7-12/h10,12H,2-8H2,1H3. The smallest absolute Gasteiger partial charge is 0.143 e. The predicted molar refractivity (Wildman–Crippen MR) is 51.6 cm³/mol. The molecule has 3 nitrogen and oxygen atoms in total. The van der Waals surface area contributed by atoms with Crippen molar-refractivity contribution in [3.8, 4) is 0 Å². The Hall–Kier alpha value is -0.410. The minimum absolute atomic E-state index is 0.227. The SMILES string of the molecule is CC(=O)CN1CCCCC1CCO. The van der Waals surface area contributed by atoms with Crippen LogP contribution in [0, 0.1) is 0 Å². The molecule has 1 rings (SSSR count). The van der Waals surface area contributed by atoms with Gasteiger partial charge < -0.3 is 5.11 Å². The fourth-order valence-corrected chi connectivity index (χ4v) is 2.03. The number of aliphatic hydroxyl groups excluding tert-OH is 1. The zero-order valence-corrected chi connectivity index (χ0v) is 8.33. The van der Waals surface area contributed by atoms with E-state index in [1.807, 2.05) is 0 Å². The summed E-state index contributed by atoms with van der Waals surface area (Å²) in [4.78, 5) is 13.2. The number of aliphatic hydroxyl groups is 1. The number of likely N-dealkylation sites (tertiary alicyclic amines) is 1. The molecule has 0 amide bonds. The summed E-state index contributed by atoms with van der Waals surface area (Å²) in [6.07, 6.45) is 4.37. The van der Waals surface area contributed by atoms with Crippen molar-refractivity contribution in [2.45, 2.75) is 38.6 Å². The fraction of sp³-hybridized carbons (Fsp3) is 0.900. The Labute approximate surface area is 79.7 Å². The van der Waals surface area contributed by atoms with Crippen LogP contribution in [0.25, 0.3) is 0 Å². The van der Waals surface area contributed by atoms with Crippen LogP contribution in [-0.2, 0) is 4.79 Å². The second kappa shape index (κ2) is 5.35. The Morgan fingerprint density at radius 1 is 1.54 bits per heavy atom. The molecule has 1 aliphatic heterocycles. The van der Waals surface area contributed by atoms with Crippen LogP contribution in [0.3, 0.4) is 0 Å². The van der Waals surface area contributed by atoms with E-state index in [2.05, 4.69) is 4.90 Å². The van der Waals surface area contributed by atoms with E-state index < -0.39 is 0 Å². The monoisotopic (exact) mass is 185 g/mol. The van der Waals surface area contributed by atoms with Crippen LogP contribution in [0.2, 0.25) is 0 Å². The summed E-state index contributed by atoms with van der Waals surface area (Å²) >= 11 is 0. The van der Waals surface area contributed by atoms with Crippen molar-refractivity contribution in [3.63, 3.8) is 0 Å². The van der Waals surface area contributed by atoms with Gasteiger partial charge >= 0.3 is 0 Å². The van der Waals surface area contributed by atoms with Crippen LogP contribution in [-0.4, -0.2) is 41.5 Å². The van der Waals surface area contributed by atoms with E-state index in [0.717, 1.165) is 19.4 Å². The lowest BCUT2D eigenvalue weighted by molar-refractivity contribution is -0.119. The van der Waals surface area contributed by atoms with E-state index >= 15 is 0 Å². The van der Waals surface area contributed by atoms with Crippen LogP contribution in [0.4, 0.5) is 0 Å². The molecule has 0 aromatic rings. The summed E-state index contributed by atoms with van der Waals surface area (Å²) in [6.45, 7) is 3.44. The molecule has 1 N–H and O–H groups in total. The lowest BCUT2D eigenvalue weighted by Gasteiger charge is -2.34. The van der Waals surface area contributed by atoms with Crippen molar-refractivity contribution in [2.24, 2.45) is 0 Å². The van der Waals surface area contributed by atoms with Gasteiger partial charge in [-0.25, -0.2) is 0 Å². The molecule has 76 valence electrons. The normalized spacial score (nSPS) is 24.6. The van der Waals surface area contributed by atoms with E-state index in [-0.39, 0.29) is 12.4 Å². The van der Waals surface area contributed by atoms with Gasteiger partial charge in [-0.15, -0.1) is 0 Å². The van der Waals surface area contributed by atoms with Gasteiger partial charge in [0, 0.05) is 12.6 Å². The number of Topliss-reactive ketones (excluding diaryl/α,β-unsaturated/α-hetero) is 1. The van der Waals surface area contributed by atoms with Gasteiger partial charge in [-0.05, 0) is 32.7 Å². The first-order valence-corrected chi connectivity index (χ1v) is 5.08. The Morgan fingerprint density at radius 3 is 2.92 bits per heavy atom. The maximum absolute atomic E-state index is 11.0. The van der Waals surface area contributed by atoms with Crippen molar-refractivity contribution in [2.75, 3.05) is 19.7 Å². The molecule has 0 spiro atoms. The lowest BCUT2D eigenvalue weighted by atomic mass is 9.99. The zero-order chi connectivity index (χ0) is 9.68. The highest BCUT2D eigenvalue weighted by atomic mass is 16.3. The Balaban J connectivity index is 2.41. The van der Waals surface area contributed by atoms with Gasteiger partial charge in [-0.3, -0.25) is 9.69 Å². The Kier molecular flexibility index (Phi) is 4.39. The third-order valence-corrected chi connectivity index (χ3v) is 2.64. The van der Waals surface area contributed by atoms with Crippen LogP contribution < -0.4 is 0 Å². The summed E-state index contributed by atoms with van der Waals surface area (Å²) in [5.41, 5.74) is 0. The molecule has 0 radical (unpaired) electrons. The van der Waals surface area contributed by atoms with Crippen LogP contribution >= 0.6 is 0 Å². The maximum atomic E-state index is 11.0. The number of ketones is 1. The Morgan fingerprint density at radius 2 is 2.31 bits per heavy atom. The fourth-order valence-electron chi connectivity index (χ4n) is 2.03. The molecular weight excluding hydrogens is 166 g/mol. The summed E-state index contributed by atoms with van der Waals surface area (Å²) in [7, 11) is 0. The number of piperidine rings is 1. The van der Waals surface area contributed by atoms with Crippen LogP contribution in [0.5, 0.6) is 0 Å². The number of hydrogen-bond donors (Lipinski definition) is 1. The van der Waals surface area contributed by atoms with Gasteiger partial charge in [0.2, 0.25) is 0 Å². The molecule has 1 unspecified atom stereocenters. The first-order chi connectivity index (χ1) is 6.24. The molecule has 1 heterocycles. The number of rotatable bonds is 4. The van der Waals surface area contributed by atoms with E-state index in [9.17, 15) is 4.79 Å². The molecule has 0 bridgehead atoms. The summed E-state index contributed by atoms with van der Waals surface area (Å²) in [5, 5.41) is 8.86. The van der Waals surface area contributed by atoms with E-state index in [1.54, 1.807) is 6.92 Å². The third kappa shape index (κ3) is 3.44. The van der Waals surface area contributed by atoms with Gasteiger partial charge in [0.1, 0.15) is 5.78 Å². The number of carbonyl (C=O) groups is 1. The molecule has 0 aliphatic carbocycles.